The van der Waals surface area contributed by atoms with Gasteiger partial charge >= 0.3 is 0 Å². The van der Waals surface area contributed by atoms with Crippen LogP contribution in [0, 0.1) is 5.92 Å². The summed E-state index contributed by atoms with van der Waals surface area (Å²) in [4.78, 5) is 0. The van der Waals surface area contributed by atoms with E-state index in [0.29, 0.717) is 0 Å². The molecule has 0 N–H and O–H groups in total. The summed E-state index contributed by atoms with van der Waals surface area (Å²) in [6.07, 6.45) is 5.10. The van der Waals surface area contributed by atoms with E-state index >= 15 is 0 Å². The van der Waals surface area contributed by atoms with Gasteiger partial charge in [0.2, 0.25) is 0 Å². The average Bonchev–Trinajstić information content (AvgIpc) is 2.21. The molecule has 3 nitrogen and oxygen atoms in total. The summed E-state index contributed by atoms with van der Waals surface area (Å²) in [5, 5.41) is 7.95. The van der Waals surface area contributed by atoms with Crippen molar-refractivity contribution >= 4 is 0 Å². The van der Waals surface area contributed by atoms with Crippen LogP contribution in [0.2, 0.25) is 0 Å². The van der Waals surface area contributed by atoms with Crippen LogP contribution < -0.4 is 0 Å². The van der Waals surface area contributed by atoms with Crippen LogP contribution in [-0.2, 0) is 11.2 Å². The number of aromatic nitrogens is 2. The quantitative estimate of drug-likeness (QED) is 0.687. The maximum atomic E-state index is 5.30. The van der Waals surface area contributed by atoms with Crippen molar-refractivity contribution < 1.29 is 4.74 Å². The molecule has 1 aliphatic heterocycles. The van der Waals surface area contributed by atoms with Crippen molar-refractivity contribution in [2.24, 2.45) is 5.92 Å². The highest BCUT2D eigenvalue weighted by Gasteiger charge is 2.14. The van der Waals surface area contributed by atoms with E-state index in [-0.39, 0.29) is 0 Å². The Balaban J connectivity index is 1.90. The molecule has 70 valence electrons. The molecule has 0 bridgehead atoms. The maximum Gasteiger partial charge on any atom is 0.0633 e. The summed E-state index contributed by atoms with van der Waals surface area (Å²) < 4.78 is 5.30. The predicted molar refractivity (Wildman–Crippen MR) is 49.3 cm³/mol. The Kier molecular flexibility index (Phi) is 2.87. The van der Waals surface area contributed by atoms with Crippen molar-refractivity contribution in [3.05, 3.63) is 24.0 Å². The first-order chi connectivity index (χ1) is 6.45. The smallest absolute Gasteiger partial charge is 0.0633 e. The molecule has 0 amide bonds. The molecule has 0 spiro atoms. The molecule has 13 heavy (non-hydrogen) atoms. The molecule has 0 unspecified atom stereocenters. The van der Waals surface area contributed by atoms with Crippen molar-refractivity contribution in [1.82, 2.24) is 10.2 Å². The summed E-state index contributed by atoms with van der Waals surface area (Å²) in [5.41, 5.74) is 1.11. The van der Waals surface area contributed by atoms with Gasteiger partial charge in [-0.1, -0.05) is 0 Å². The summed E-state index contributed by atoms with van der Waals surface area (Å²) in [6, 6.07) is 3.99. The van der Waals surface area contributed by atoms with Crippen LogP contribution in [0.4, 0.5) is 0 Å². The van der Waals surface area contributed by atoms with E-state index < -0.39 is 0 Å². The lowest BCUT2D eigenvalue weighted by Crippen LogP contribution is -2.18. The molecule has 1 saturated heterocycles. The SMILES string of the molecule is c1cnnc(CC2CCOCC2)c1. The molecule has 0 saturated carbocycles. The molecule has 0 atom stereocenters. The van der Waals surface area contributed by atoms with E-state index in [1.807, 2.05) is 12.1 Å². The Morgan fingerprint density at radius 2 is 2.23 bits per heavy atom. The van der Waals surface area contributed by atoms with Gasteiger partial charge < -0.3 is 4.74 Å². The van der Waals surface area contributed by atoms with Crippen molar-refractivity contribution in [3.8, 4) is 0 Å². The van der Waals surface area contributed by atoms with Crippen molar-refractivity contribution in [2.45, 2.75) is 19.3 Å². The van der Waals surface area contributed by atoms with Crippen molar-refractivity contribution in [1.29, 1.82) is 0 Å². The topological polar surface area (TPSA) is 35.0 Å². The third-order valence-electron chi connectivity index (χ3n) is 2.47. The lowest BCUT2D eigenvalue weighted by molar-refractivity contribution is 0.0662. The molecule has 1 aromatic rings. The first kappa shape index (κ1) is 8.63. The highest BCUT2D eigenvalue weighted by atomic mass is 16.5. The third kappa shape index (κ3) is 2.49. The molecule has 0 radical (unpaired) electrons. The van der Waals surface area contributed by atoms with Gasteiger partial charge in [-0.2, -0.15) is 10.2 Å². The van der Waals surface area contributed by atoms with Crippen LogP contribution in [0.15, 0.2) is 18.3 Å². The minimum atomic E-state index is 0.741. The van der Waals surface area contributed by atoms with Crippen LogP contribution in [-0.4, -0.2) is 23.4 Å². The third-order valence-corrected chi connectivity index (χ3v) is 2.47. The van der Waals surface area contributed by atoms with Gasteiger partial charge in [0.15, 0.2) is 0 Å². The fraction of sp³-hybridized carbons (Fsp3) is 0.600. The minimum Gasteiger partial charge on any atom is -0.381 e. The largest absolute Gasteiger partial charge is 0.381 e. The van der Waals surface area contributed by atoms with Crippen LogP contribution >= 0.6 is 0 Å². The van der Waals surface area contributed by atoms with Gasteiger partial charge in [-0.3, -0.25) is 0 Å². The van der Waals surface area contributed by atoms with E-state index in [1.165, 1.54) is 0 Å². The number of hydrogen-bond donors (Lipinski definition) is 0. The summed E-state index contributed by atoms with van der Waals surface area (Å²) in [6.45, 7) is 1.82. The van der Waals surface area contributed by atoms with Crippen molar-refractivity contribution in [3.63, 3.8) is 0 Å². The molecule has 1 fully saturated rings. The Morgan fingerprint density at radius 3 is 2.92 bits per heavy atom. The maximum absolute atomic E-state index is 5.30. The zero-order chi connectivity index (χ0) is 8.93. The normalized spacial score (nSPS) is 18.8. The minimum absolute atomic E-state index is 0.741. The van der Waals surface area contributed by atoms with Crippen LogP contribution in [0.25, 0.3) is 0 Å². The predicted octanol–water partition coefficient (Wildman–Crippen LogP) is 1.45. The van der Waals surface area contributed by atoms with Gasteiger partial charge in [0.05, 0.1) is 5.69 Å². The standard InChI is InChI=1S/C10H14N2O/c1-2-10(12-11-5-1)8-9-3-6-13-7-4-9/h1-2,5,9H,3-4,6-8H2. The second kappa shape index (κ2) is 4.33. The Labute approximate surface area is 78.1 Å². The first-order valence-corrected chi connectivity index (χ1v) is 4.79. The average molecular weight is 178 g/mol. The molecule has 2 heterocycles. The highest BCUT2D eigenvalue weighted by molar-refractivity contribution is 5.00. The summed E-state index contributed by atoms with van der Waals surface area (Å²) >= 11 is 0. The Bertz CT molecular complexity index is 244. The fourth-order valence-electron chi connectivity index (χ4n) is 1.69. The summed E-state index contributed by atoms with van der Waals surface area (Å²) in [7, 11) is 0. The molecule has 1 aliphatic rings. The molecule has 2 rings (SSSR count). The number of rotatable bonds is 2. The lowest BCUT2D eigenvalue weighted by Gasteiger charge is -2.21. The van der Waals surface area contributed by atoms with Gasteiger partial charge in [-0.05, 0) is 37.3 Å². The van der Waals surface area contributed by atoms with E-state index in [9.17, 15) is 0 Å². The fourth-order valence-corrected chi connectivity index (χ4v) is 1.69. The molecule has 1 aromatic heterocycles. The highest BCUT2D eigenvalue weighted by Crippen LogP contribution is 2.18. The number of nitrogens with zero attached hydrogens (tertiary/aromatic N) is 2. The van der Waals surface area contributed by atoms with Gasteiger partial charge in [-0.25, -0.2) is 0 Å². The lowest BCUT2D eigenvalue weighted by atomic mass is 9.95. The number of ether oxygens (including phenoxy) is 1. The molecular weight excluding hydrogens is 164 g/mol. The molecular formula is C10H14N2O. The summed E-state index contributed by atoms with van der Waals surface area (Å²) in [5.74, 6) is 0.741. The number of hydrogen-bond acceptors (Lipinski definition) is 3. The van der Waals surface area contributed by atoms with E-state index in [1.54, 1.807) is 6.20 Å². The zero-order valence-electron chi connectivity index (χ0n) is 7.65. The Morgan fingerprint density at radius 1 is 1.38 bits per heavy atom. The van der Waals surface area contributed by atoms with Crippen molar-refractivity contribution in [2.75, 3.05) is 13.2 Å². The van der Waals surface area contributed by atoms with Crippen LogP contribution in [0.1, 0.15) is 18.5 Å². The zero-order valence-corrected chi connectivity index (χ0v) is 7.65. The van der Waals surface area contributed by atoms with Crippen LogP contribution in [0.5, 0.6) is 0 Å². The monoisotopic (exact) mass is 178 g/mol. The second-order valence-corrected chi connectivity index (χ2v) is 3.47. The second-order valence-electron chi connectivity index (χ2n) is 3.47. The van der Waals surface area contributed by atoms with Crippen LogP contribution in [0.3, 0.4) is 0 Å². The van der Waals surface area contributed by atoms with Gasteiger partial charge in [0, 0.05) is 19.4 Å². The van der Waals surface area contributed by atoms with E-state index in [0.717, 1.165) is 44.1 Å². The Hall–Kier alpha value is -0.960. The van der Waals surface area contributed by atoms with Gasteiger partial charge in [-0.15, -0.1) is 0 Å². The van der Waals surface area contributed by atoms with E-state index in [2.05, 4.69) is 10.2 Å². The van der Waals surface area contributed by atoms with Gasteiger partial charge in [0.1, 0.15) is 0 Å². The van der Waals surface area contributed by atoms with E-state index in [4.69, 9.17) is 4.74 Å². The molecule has 0 aliphatic carbocycles. The first-order valence-electron chi connectivity index (χ1n) is 4.79. The van der Waals surface area contributed by atoms with Gasteiger partial charge in [0.25, 0.3) is 0 Å². The molecule has 0 aromatic carbocycles. The molecule has 3 heteroatoms.